The summed E-state index contributed by atoms with van der Waals surface area (Å²) in [7, 11) is 3.21. The lowest BCUT2D eigenvalue weighted by Gasteiger charge is -2.14. The van der Waals surface area contributed by atoms with Gasteiger partial charge in [-0.05, 0) is 51.8 Å². The molecule has 0 saturated carbocycles. The van der Waals surface area contributed by atoms with Crippen molar-refractivity contribution in [3.05, 3.63) is 47.1 Å². The van der Waals surface area contributed by atoms with E-state index in [-0.39, 0.29) is 0 Å². The zero-order valence-corrected chi connectivity index (χ0v) is 13.6. The van der Waals surface area contributed by atoms with Gasteiger partial charge in [0, 0.05) is 5.56 Å². The van der Waals surface area contributed by atoms with Gasteiger partial charge in [0.2, 0.25) is 0 Å². The van der Waals surface area contributed by atoms with E-state index in [1.807, 2.05) is 31.2 Å². The molecular formula is C18H26O3. The highest BCUT2D eigenvalue weighted by Gasteiger charge is 2.12. The second-order valence-electron chi connectivity index (χ2n) is 5.39. The van der Waals surface area contributed by atoms with Gasteiger partial charge in [0.05, 0.1) is 14.2 Å². The average Bonchev–Trinajstić information content (AvgIpc) is 2.45. The molecule has 1 rings (SSSR count). The third-order valence-corrected chi connectivity index (χ3v) is 3.29. The molecule has 116 valence electrons. The molecule has 0 heterocycles. The van der Waals surface area contributed by atoms with Gasteiger partial charge < -0.3 is 14.6 Å². The van der Waals surface area contributed by atoms with E-state index in [2.05, 4.69) is 19.9 Å². The molecule has 0 aliphatic heterocycles. The molecule has 0 radical (unpaired) electrons. The Morgan fingerprint density at radius 3 is 2.48 bits per heavy atom. The minimum absolute atomic E-state index is 0.664. The summed E-state index contributed by atoms with van der Waals surface area (Å²) in [6, 6.07) is 5.44. The van der Waals surface area contributed by atoms with E-state index in [1.54, 1.807) is 14.2 Å². The van der Waals surface area contributed by atoms with E-state index < -0.39 is 6.10 Å². The Bertz CT molecular complexity index is 511. The number of ether oxygens (including phenoxy) is 2. The van der Waals surface area contributed by atoms with Gasteiger partial charge in [-0.15, -0.1) is 0 Å². The molecule has 0 fully saturated rings. The summed E-state index contributed by atoms with van der Waals surface area (Å²) >= 11 is 0. The standard InChI is InChI=1S/C18H26O3/c1-13(2)7-6-8-14(3)11-17(19)16-12-15(20-4)9-10-18(16)21-5/h7,9-12,17,19H,6,8H2,1-5H3/b14-11-. The minimum atomic E-state index is -0.693. The van der Waals surface area contributed by atoms with Crippen molar-refractivity contribution in [1.29, 1.82) is 0 Å². The van der Waals surface area contributed by atoms with Gasteiger partial charge in [-0.3, -0.25) is 0 Å². The van der Waals surface area contributed by atoms with Crippen molar-refractivity contribution in [3.8, 4) is 11.5 Å². The van der Waals surface area contributed by atoms with Crippen molar-refractivity contribution in [1.82, 2.24) is 0 Å². The number of hydrogen-bond acceptors (Lipinski definition) is 3. The maximum absolute atomic E-state index is 10.4. The van der Waals surface area contributed by atoms with Crippen LogP contribution in [0.3, 0.4) is 0 Å². The van der Waals surface area contributed by atoms with Crippen molar-refractivity contribution in [2.75, 3.05) is 14.2 Å². The first-order chi connectivity index (χ1) is 9.97. The third-order valence-electron chi connectivity index (χ3n) is 3.29. The summed E-state index contributed by atoms with van der Waals surface area (Å²) in [6.07, 6.45) is 5.31. The van der Waals surface area contributed by atoms with Gasteiger partial charge >= 0.3 is 0 Å². The van der Waals surface area contributed by atoms with Crippen LogP contribution in [0.1, 0.15) is 45.3 Å². The molecule has 1 aromatic rings. The number of hydrogen-bond donors (Lipinski definition) is 1. The Balaban J connectivity index is 2.86. The monoisotopic (exact) mass is 290 g/mol. The van der Waals surface area contributed by atoms with Crippen LogP contribution in [0.5, 0.6) is 11.5 Å². The molecule has 3 heteroatoms. The highest BCUT2D eigenvalue weighted by molar-refractivity contribution is 5.43. The summed E-state index contributed by atoms with van der Waals surface area (Å²) in [5.74, 6) is 1.37. The van der Waals surface area contributed by atoms with Crippen LogP contribution in [-0.2, 0) is 0 Å². The van der Waals surface area contributed by atoms with Gasteiger partial charge in [0.15, 0.2) is 0 Å². The Morgan fingerprint density at radius 1 is 1.19 bits per heavy atom. The number of allylic oxidation sites excluding steroid dienone is 3. The molecule has 0 aromatic heterocycles. The third kappa shape index (κ3) is 5.64. The molecule has 0 bridgehead atoms. The molecule has 0 spiro atoms. The van der Waals surface area contributed by atoms with E-state index in [4.69, 9.17) is 9.47 Å². The van der Waals surface area contributed by atoms with Crippen LogP contribution in [0.25, 0.3) is 0 Å². The van der Waals surface area contributed by atoms with Crippen LogP contribution in [0.4, 0.5) is 0 Å². The largest absolute Gasteiger partial charge is 0.497 e. The van der Waals surface area contributed by atoms with Gasteiger partial charge in [0.1, 0.15) is 17.6 Å². The van der Waals surface area contributed by atoms with Gasteiger partial charge in [-0.25, -0.2) is 0 Å². The second-order valence-corrected chi connectivity index (χ2v) is 5.39. The molecule has 0 amide bonds. The van der Waals surface area contributed by atoms with Crippen molar-refractivity contribution in [2.24, 2.45) is 0 Å². The van der Waals surface area contributed by atoms with Crippen LogP contribution < -0.4 is 9.47 Å². The maximum atomic E-state index is 10.4. The molecule has 21 heavy (non-hydrogen) atoms. The van der Waals surface area contributed by atoms with Crippen molar-refractivity contribution < 1.29 is 14.6 Å². The smallest absolute Gasteiger partial charge is 0.125 e. The van der Waals surface area contributed by atoms with E-state index in [0.717, 1.165) is 24.0 Å². The zero-order chi connectivity index (χ0) is 15.8. The predicted molar refractivity (Wildman–Crippen MR) is 86.9 cm³/mol. The Labute approximate surface area is 127 Å². The molecule has 1 N–H and O–H groups in total. The number of rotatable bonds is 7. The van der Waals surface area contributed by atoms with E-state index in [9.17, 15) is 5.11 Å². The van der Waals surface area contributed by atoms with Gasteiger partial charge in [0.25, 0.3) is 0 Å². The molecule has 1 aromatic carbocycles. The van der Waals surface area contributed by atoms with Crippen LogP contribution in [0.2, 0.25) is 0 Å². The van der Waals surface area contributed by atoms with Crippen LogP contribution >= 0.6 is 0 Å². The topological polar surface area (TPSA) is 38.7 Å². The maximum Gasteiger partial charge on any atom is 0.125 e. The second kappa shape index (κ2) is 8.53. The van der Waals surface area contributed by atoms with Crippen LogP contribution in [0, 0.1) is 0 Å². The number of benzene rings is 1. The predicted octanol–water partition coefficient (Wildman–Crippen LogP) is 4.43. The van der Waals surface area contributed by atoms with Crippen molar-refractivity contribution >= 4 is 0 Å². The Morgan fingerprint density at radius 2 is 1.90 bits per heavy atom. The summed E-state index contributed by atoms with van der Waals surface area (Å²) in [5.41, 5.74) is 3.20. The minimum Gasteiger partial charge on any atom is -0.497 e. The van der Waals surface area contributed by atoms with Crippen molar-refractivity contribution in [3.63, 3.8) is 0 Å². The molecule has 1 unspecified atom stereocenters. The molecule has 0 aliphatic rings. The first kappa shape index (κ1) is 17.3. The molecular weight excluding hydrogens is 264 g/mol. The van der Waals surface area contributed by atoms with Gasteiger partial charge in [-0.2, -0.15) is 0 Å². The summed E-state index contributed by atoms with van der Waals surface area (Å²) in [4.78, 5) is 0. The Hall–Kier alpha value is -1.74. The summed E-state index contributed by atoms with van der Waals surface area (Å²) in [5, 5.41) is 10.4. The highest BCUT2D eigenvalue weighted by Crippen LogP contribution is 2.30. The molecule has 0 aliphatic carbocycles. The lowest BCUT2D eigenvalue weighted by Crippen LogP contribution is -1.99. The summed E-state index contributed by atoms with van der Waals surface area (Å²) in [6.45, 7) is 6.22. The van der Waals surface area contributed by atoms with E-state index >= 15 is 0 Å². The van der Waals surface area contributed by atoms with Crippen molar-refractivity contribution in [2.45, 2.75) is 39.7 Å². The quantitative estimate of drug-likeness (QED) is 0.755. The van der Waals surface area contributed by atoms with Crippen LogP contribution in [0.15, 0.2) is 41.5 Å². The first-order valence-electron chi connectivity index (χ1n) is 7.18. The lowest BCUT2D eigenvalue weighted by atomic mass is 10.0. The fraction of sp³-hybridized carbons (Fsp3) is 0.444. The van der Waals surface area contributed by atoms with Crippen LogP contribution in [-0.4, -0.2) is 19.3 Å². The zero-order valence-electron chi connectivity index (χ0n) is 13.6. The molecule has 0 saturated heterocycles. The van der Waals surface area contributed by atoms with Gasteiger partial charge in [-0.1, -0.05) is 23.3 Å². The molecule has 1 atom stereocenters. The normalized spacial score (nSPS) is 12.8. The Kier molecular flexibility index (Phi) is 7.03. The fourth-order valence-electron chi connectivity index (χ4n) is 2.10. The summed E-state index contributed by atoms with van der Waals surface area (Å²) < 4.78 is 10.5. The first-order valence-corrected chi connectivity index (χ1v) is 7.18. The number of aliphatic hydroxyl groups is 1. The number of aliphatic hydroxyl groups excluding tert-OH is 1. The molecule has 3 nitrogen and oxygen atoms in total. The number of methoxy groups -OCH3 is 2. The van der Waals surface area contributed by atoms with E-state index in [1.165, 1.54) is 5.57 Å². The SMILES string of the molecule is COc1ccc(OC)c(C(O)/C=C(/C)CCC=C(C)C)c1. The highest BCUT2D eigenvalue weighted by atomic mass is 16.5. The van der Waals surface area contributed by atoms with E-state index in [0.29, 0.717) is 11.5 Å². The fourth-order valence-corrected chi connectivity index (χ4v) is 2.10. The average molecular weight is 290 g/mol. The lowest BCUT2D eigenvalue weighted by molar-refractivity contribution is 0.221.